The van der Waals surface area contributed by atoms with Crippen molar-refractivity contribution in [2.45, 2.75) is 19.9 Å². The highest BCUT2D eigenvalue weighted by molar-refractivity contribution is 6.36. The van der Waals surface area contributed by atoms with Gasteiger partial charge in [-0.25, -0.2) is 0 Å². The van der Waals surface area contributed by atoms with Crippen LogP contribution in [0.2, 0.25) is 10.0 Å². The first kappa shape index (κ1) is 21.5. The minimum Gasteiger partial charge on any atom is -0.393 e. The summed E-state index contributed by atoms with van der Waals surface area (Å²) < 4.78 is 0. The second kappa shape index (κ2) is 8.90. The molecule has 28 heavy (non-hydrogen) atoms. The SMILES string of the molecule is CC(C)C(NC(=O)c1ccc(Cl)cc1Cl)C(=O)Nc1ccc(N)c([N+](=O)[O-])c1. The van der Waals surface area contributed by atoms with Gasteiger partial charge in [-0.1, -0.05) is 37.0 Å². The number of halogens is 2. The van der Waals surface area contributed by atoms with Gasteiger partial charge in [0, 0.05) is 16.8 Å². The molecule has 0 bridgehead atoms. The molecule has 1 atom stereocenters. The average Bonchev–Trinajstić information content (AvgIpc) is 2.60. The molecule has 0 aliphatic rings. The molecule has 0 aliphatic heterocycles. The summed E-state index contributed by atoms with van der Waals surface area (Å²) in [6, 6.07) is 7.41. The number of nitro benzene ring substituents is 1. The number of hydrogen-bond donors (Lipinski definition) is 3. The van der Waals surface area contributed by atoms with Crippen LogP contribution in [0.5, 0.6) is 0 Å². The number of nitro groups is 1. The van der Waals surface area contributed by atoms with Crippen molar-refractivity contribution in [1.29, 1.82) is 0 Å². The largest absolute Gasteiger partial charge is 0.393 e. The number of nitrogen functional groups attached to an aromatic ring is 1. The molecule has 0 aliphatic carbocycles. The van der Waals surface area contributed by atoms with Crippen LogP contribution in [0.25, 0.3) is 0 Å². The Morgan fingerprint density at radius 2 is 1.82 bits per heavy atom. The number of nitrogens with zero attached hydrogens (tertiary/aromatic N) is 1. The summed E-state index contributed by atoms with van der Waals surface area (Å²) in [5.41, 5.74) is 5.57. The maximum absolute atomic E-state index is 12.6. The molecular weight excluding hydrogens is 407 g/mol. The van der Waals surface area contributed by atoms with E-state index in [2.05, 4.69) is 10.6 Å². The van der Waals surface area contributed by atoms with E-state index in [0.717, 1.165) is 6.07 Å². The number of carbonyl (C=O) groups is 2. The second-order valence-electron chi connectivity index (χ2n) is 6.34. The summed E-state index contributed by atoms with van der Waals surface area (Å²) in [5, 5.41) is 16.7. The third kappa shape index (κ3) is 5.11. The van der Waals surface area contributed by atoms with Crippen molar-refractivity contribution in [3.63, 3.8) is 0 Å². The summed E-state index contributed by atoms with van der Waals surface area (Å²) in [7, 11) is 0. The number of nitrogens with two attached hydrogens (primary N) is 1. The van der Waals surface area contributed by atoms with Crippen LogP contribution in [-0.2, 0) is 4.79 Å². The molecule has 148 valence electrons. The van der Waals surface area contributed by atoms with Crippen LogP contribution in [0.1, 0.15) is 24.2 Å². The first-order valence-electron chi connectivity index (χ1n) is 8.21. The number of hydrogen-bond acceptors (Lipinski definition) is 5. The molecule has 10 heteroatoms. The van der Waals surface area contributed by atoms with Gasteiger partial charge < -0.3 is 16.4 Å². The number of anilines is 2. The van der Waals surface area contributed by atoms with E-state index in [1.807, 2.05) is 0 Å². The molecule has 0 saturated carbocycles. The molecule has 1 unspecified atom stereocenters. The van der Waals surface area contributed by atoms with E-state index in [4.69, 9.17) is 28.9 Å². The highest BCUT2D eigenvalue weighted by atomic mass is 35.5. The molecule has 8 nitrogen and oxygen atoms in total. The smallest absolute Gasteiger partial charge is 0.294 e. The zero-order valence-electron chi connectivity index (χ0n) is 15.0. The van der Waals surface area contributed by atoms with Crippen molar-refractivity contribution in [1.82, 2.24) is 5.32 Å². The van der Waals surface area contributed by atoms with Crippen molar-refractivity contribution >= 4 is 52.1 Å². The van der Waals surface area contributed by atoms with Gasteiger partial charge in [0.1, 0.15) is 11.7 Å². The fraction of sp³-hybridized carbons (Fsp3) is 0.222. The summed E-state index contributed by atoms with van der Waals surface area (Å²) in [6.07, 6.45) is 0. The van der Waals surface area contributed by atoms with Crippen LogP contribution >= 0.6 is 23.2 Å². The summed E-state index contributed by atoms with van der Waals surface area (Å²) in [6.45, 7) is 3.50. The minimum absolute atomic E-state index is 0.0194. The molecule has 0 spiro atoms. The van der Waals surface area contributed by atoms with Gasteiger partial charge in [0.05, 0.1) is 15.5 Å². The monoisotopic (exact) mass is 424 g/mol. The van der Waals surface area contributed by atoms with Crippen LogP contribution in [0, 0.1) is 16.0 Å². The highest BCUT2D eigenvalue weighted by Crippen LogP contribution is 2.25. The Labute approximate surface area is 171 Å². The number of amides is 2. The number of benzene rings is 2. The van der Waals surface area contributed by atoms with Crippen molar-refractivity contribution in [2.24, 2.45) is 5.92 Å². The zero-order valence-corrected chi connectivity index (χ0v) is 16.5. The molecule has 2 aromatic rings. The molecule has 0 heterocycles. The Hall–Kier alpha value is -2.84. The predicted octanol–water partition coefficient (Wildman–Crippen LogP) is 3.88. The Kier molecular flexibility index (Phi) is 6.82. The maximum Gasteiger partial charge on any atom is 0.294 e. The fourth-order valence-corrected chi connectivity index (χ4v) is 2.92. The predicted molar refractivity (Wildman–Crippen MR) is 109 cm³/mol. The second-order valence-corrected chi connectivity index (χ2v) is 7.18. The van der Waals surface area contributed by atoms with Crippen LogP contribution in [0.3, 0.4) is 0 Å². The van der Waals surface area contributed by atoms with E-state index < -0.39 is 22.8 Å². The topological polar surface area (TPSA) is 127 Å². The molecule has 0 aromatic heterocycles. The van der Waals surface area contributed by atoms with Crippen molar-refractivity contribution < 1.29 is 14.5 Å². The molecule has 2 rings (SSSR count). The lowest BCUT2D eigenvalue weighted by Gasteiger charge is -2.22. The van der Waals surface area contributed by atoms with Crippen molar-refractivity contribution in [3.8, 4) is 0 Å². The van der Waals surface area contributed by atoms with Crippen molar-refractivity contribution in [3.05, 3.63) is 62.1 Å². The van der Waals surface area contributed by atoms with Gasteiger partial charge in [0.25, 0.3) is 11.6 Å². The number of rotatable bonds is 6. The zero-order chi connectivity index (χ0) is 21.0. The lowest BCUT2D eigenvalue weighted by Crippen LogP contribution is -2.47. The quantitative estimate of drug-likeness (QED) is 0.368. The van der Waals surface area contributed by atoms with Gasteiger partial charge >= 0.3 is 0 Å². The Morgan fingerprint density at radius 1 is 1.14 bits per heavy atom. The lowest BCUT2D eigenvalue weighted by atomic mass is 10.0. The summed E-state index contributed by atoms with van der Waals surface area (Å²) >= 11 is 11.9. The summed E-state index contributed by atoms with van der Waals surface area (Å²) in [5.74, 6) is -1.34. The maximum atomic E-state index is 12.6. The molecule has 0 fully saturated rings. The first-order chi connectivity index (χ1) is 13.1. The molecule has 2 amide bonds. The fourth-order valence-electron chi connectivity index (χ4n) is 2.43. The number of carbonyl (C=O) groups excluding carboxylic acids is 2. The van der Waals surface area contributed by atoms with E-state index >= 15 is 0 Å². The number of nitrogens with one attached hydrogen (secondary N) is 2. The third-order valence-electron chi connectivity index (χ3n) is 3.91. The van der Waals surface area contributed by atoms with E-state index in [-0.39, 0.29) is 33.6 Å². The highest BCUT2D eigenvalue weighted by Gasteiger charge is 2.26. The van der Waals surface area contributed by atoms with Crippen LogP contribution < -0.4 is 16.4 Å². The van der Waals surface area contributed by atoms with E-state index in [9.17, 15) is 19.7 Å². The van der Waals surface area contributed by atoms with Gasteiger partial charge in [0.15, 0.2) is 0 Å². The van der Waals surface area contributed by atoms with Crippen molar-refractivity contribution in [2.75, 3.05) is 11.1 Å². The van der Waals surface area contributed by atoms with Crippen LogP contribution in [-0.4, -0.2) is 22.8 Å². The molecule has 0 saturated heterocycles. The normalized spacial score (nSPS) is 11.8. The minimum atomic E-state index is -0.907. The van der Waals surface area contributed by atoms with Gasteiger partial charge in [-0.3, -0.25) is 19.7 Å². The molecule has 4 N–H and O–H groups in total. The Bertz CT molecular complexity index is 934. The van der Waals surface area contributed by atoms with Gasteiger partial charge in [-0.05, 0) is 36.2 Å². The molecule has 0 radical (unpaired) electrons. The van der Waals surface area contributed by atoms with E-state index in [1.165, 1.54) is 30.3 Å². The van der Waals surface area contributed by atoms with Gasteiger partial charge in [-0.2, -0.15) is 0 Å². The van der Waals surface area contributed by atoms with E-state index in [0.29, 0.717) is 5.02 Å². The van der Waals surface area contributed by atoms with Gasteiger partial charge in [-0.15, -0.1) is 0 Å². The van der Waals surface area contributed by atoms with Gasteiger partial charge in [0.2, 0.25) is 5.91 Å². The average molecular weight is 425 g/mol. The van der Waals surface area contributed by atoms with Crippen LogP contribution in [0.4, 0.5) is 17.1 Å². The third-order valence-corrected chi connectivity index (χ3v) is 4.45. The molecule has 2 aromatic carbocycles. The summed E-state index contributed by atoms with van der Waals surface area (Å²) in [4.78, 5) is 35.5. The van der Waals surface area contributed by atoms with E-state index in [1.54, 1.807) is 13.8 Å². The Balaban J connectivity index is 2.19. The molecular formula is C18H18Cl2N4O4. The van der Waals surface area contributed by atoms with Crippen LogP contribution in [0.15, 0.2) is 36.4 Å². The Morgan fingerprint density at radius 3 is 2.39 bits per heavy atom. The lowest BCUT2D eigenvalue weighted by molar-refractivity contribution is -0.383. The standard InChI is InChI=1S/C18H18Cl2N4O4/c1-9(2)16(23-17(25)12-5-3-10(19)7-13(12)20)18(26)22-11-4-6-14(21)15(8-11)24(27)28/h3-9,16H,21H2,1-2H3,(H,22,26)(H,23,25). The first-order valence-corrected chi connectivity index (χ1v) is 8.96.